The largest absolute Gasteiger partial charge is 0.376 e. The molecule has 4 N–H and O–H groups in total. The standard InChI is InChI=1S/C10H10N4S/c11-10(15)14-8-3-1-2-7(4-8)9-5-12-6-13-9/h1-6H,(H,12,13)(H3,11,14,15). The molecular weight excluding hydrogens is 208 g/mol. The number of aromatic amines is 1. The molecule has 15 heavy (non-hydrogen) atoms. The van der Waals surface area contributed by atoms with Crippen LogP contribution in [0.3, 0.4) is 0 Å². The Bertz CT molecular complexity index is 464. The summed E-state index contributed by atoms with van der Waals surface area (Å²) in [6, 6.07) is 7.76. The highest BCUT2D eigenvalue weighted by Gasteiger charge is 2.00. The summed E-state index contributed by atoms with van der Waals surface area (Å²) in [6.45, 7) is 0. The lowest BCUT2D eigenvalue weighted by Crippen LogP contribution is -2.18. The molecular formula is C10H10N4S. The molecule has 0 fully saturated rings. The number of hydrogen-bond donors (Lipinski definition) is 3. The van der Waals surface area contributed by atoms with E-state index in [0.717, 1.165) is 16.9 Å². The predicted molar refractivity (Wildman–Crippen MR) is 64.4 cm³/mol. The molecule has 0 aliphatic carbocycles. The van der Waals surface area contributed by atoms with Crippen molar-refractivity contribution in [3.63, 3.8) is 0 Å². The van der Waals surface area contributed by atoms with E-state index in [-0.39, 0.29) is 5.11 Å². The van der Waals surface area contributed by atoms with Gasteiger partial charge in [0.15, 0.2) is 5.11 Å². The molecule has 0 amide bonds. The Morgan fingerprint density at radius 3 is 3.00 bits per heavy atom. The number of nitrogens with two attached hydrogens (primary N) is 1. The molecule has 0 radical (unpaired) electrons. The number of imidazole rings is 1. The first kappa shape index (κ1) is 9.67. The zero-order valence-corrected chi connectivity index (χ0v) is 8.71. The number of anilines is 1. The molecule has 0 aliphatic rings. The van der Waals surface area contributed by atoms with Crippen LogP contribution in [-0.2, 0) is 0 Å². The summed E-state index contributed by atoms with van der Waals surface area (Å²) >= 11 is 4.77. The summed E-state index contributed by atoms with van der Waals surface area (Å²) in [7, 11) is 0. The Morgan fingerprint density at radius 2 is 2.33 bits per heavy atom. The Hall–Kier alpha value is -1.88. The maximum absolute atomic E-state index is 5.39. The van der Waals surface area contributed by atoms with Gasteiger partial charge in [0.25, 0.3) is 0 Å². The topological polar surface area (TPSA) is 66.7 Å². The highest BCUT2D eigenvalue weighted by Crippen LogP contribution is 2.19. The van der Waals surface area contributed by atoms with Gasteiger partial charge in [-0.3, -0.25) is 0 Å². The van der Waals surface area contributed by atoms with E-state index >= 15 is 0 Å². The van der Waals surface area contributed by atoms with Gasteiger partial charge in [-0.05, 0) is 24.4 Å². The zero-order valence-electron chi connectivity index (χ0n) is 7.90. The lowest BCUT2D eigenvalue weighted by atomic mass is 10.1. The van der Waals surface area contributed by atoms with Crippen molar-refractivity contribution in [3.8, 4) is 11.3 Å². The van der Waals surface area contributed by atoms with Crippen molar-refractivity contribution in [2.24, 2.45) is 5.73 Å². The van der Waals surface area contributed by atoms with Gasteiger partial charge in [-0.1, -0.05) is 12.1 Å². The molecule has 5 heteroatoms. The normalized spacial score (nSPS) is 9.87. The van der Waals surface area contributed by atoms with Crippen molar-refractivity contribution < 1.29 is 0 Å². The van der Waals surface area contributed by atoms with Crippen molar-refractivity contribution in [2.75, 3.05) is 5.32 Å². The predicted octanol–water partition coefficient (Wildman–Crippen LogP) is 1.73. The van der Waals surface area contributed by atoms with Crippen LogP contribution >= 0.6 is 12.2 Å². The number of rotatable bonds is 2. The number of aromatic nitrogens is 2. The average molecular weight is 218 g/mol. The molecule has 0 spiro atoms. The molecule has 1 heterocycles. The Morgan fingerprint density at radius 1 is 1.47 bits per heavy atom. The van der Waals surface area contributed by atoms with E-state index in [1.54, 1.807) is 12.5 Å². The van der Waals surface area contributed by atoms with Gasteiger partial charge in [0, 0.05) is 11.3 Å². The molecule has 0 saturated heterocycles. The van der Waals surface area contributed by atoms with Crippen LogP contribution in [0.4, 0.5) is 5.69 Å². The average Bonchev–Trinajstić information content (AvgIpc) is 2.69. The van der Waals surface area contributed by atoms with E-state index in [1.165, 1.54) is 0 Å². The quantitative estimate of drug-likeness (QED) is 0.672. The van der Waals surface area contributed by atoms with Crippen molar-refractivity contribution >= 4 is 23.0 Å². The number of benzene rings is 1. The first-order valence-electron chi connectivity index (χ1n) is 4.41. The van der Waals surface area contributed by atoms with Gasteiger partial charge in [0.05, 0.1) is 18.2 Å². The second-order valence-electron chi connectivity index (χ2n) is 3.04. The molecule has 4 nitrogen and oxygen atoms in total. The summed E-state index contributed by atoms with van der Waals surface area (Å²) in [5.41, 5.74) is 8.26. The van der Waals surface area contributed by atoms with Gasteiger partial charge in [-0.15, -0.1) is 0 Å². The maximum Gasteiger partial charge on any atom is 0.168 e. The lowest BCUT2D eigenvalue weighted by Gasteiger charge is -2.05. The summed E-state index contributed by atoms with van der Waals surface area (Å²) < 4.78 is 0. The molecule has 0 atom stereocenters. The third kappa shape index (κ3) is 2.32. The minimum atomic E-state index is 0.261. The molecule has 0 saturated carbocycles. The molecule has 0 unspecified atom stereocenters. The first-order chi connectivity index (χ1) is 7.25. The van der Waals surface area contributed by atoms with Gasteiger partial charge in [0.1, 0.15) is 0 Å². The number of hydrogen-bond acceptors (Lipinski definition) is 2. The van der Waals surface area contributed by atoms with Crippen LogP contribution in [0.25, 0.3) is 11.3 Å². The summed E-state index contributed by atoms with van der Waals surface area (Å²) in [5.74, 6) is 0. The van der Waals surface area contributed by atoms with Gasteiger partial charge >= 0.3 is 0 Å². The van der Waals surface area contributed by atoms with E-state index in [4.69, 9.17) is 18.0 Å². The second-order valence-corrected chi connectivity index (χ2v) is 3.48. The first-order valence-corrected chi connectivity index (χ1v) is 4.82. The van der Waals surface area contributed by atoms with Gasteiger partial charge in [-0.2, -0.15) is 0 Å². The van der Waals surface area contributed by atoms with Gasteiger partial charge in [-0.25, -0.2) is 4.98 Å². The third-order valence-corrected chi connectivity index (χ3v) is 2.04. The fourth-order valence-corrected chi connectivity index (χ4v) is 1.44. The van der Waals surface area contributed by atoms with Crippen molar-refractivity contribution in [1.82, 2.24) is 9.97 Å². The second kappa shape index (κ2) is 4.10. The minimum Gasteiger partial charge on any atom is -0.376 e. The number of thiocarbonyl (C=S) groups is 1. The molecule has 0 aliphatic heterocycles. The van der Waals surface area contributed by atoms with Crippen molar-refractivity contribution in [2.45, 2.75) is 0 Å². The monoisotopic (exact) mass is 218 g/mol. The highest BCUT2D eigenvalue weighted by atomic mass is 32.1. The van der Waals surface area contributed by atoms with Crippen LogP contribution < -0.4 is 11.1 Å². The Labute approximate surface area is 92.5 Å². The number of nitrogens with one attached hydrogen (secondary N) is 2. The van der Waals surface area contributed by atoms with Gasteiger partial charge < -0.3 is 16.0 Å². The van der Waals surface area contributed by atoms with Crippen LogP contribution in [0.2, 0.25) is 0 Å². The smallest absolute Gasteiger partial charge is 0.168 e. The molecule has 1 aromatic carbocycles. The van der Waals surface area contributed by atoms with Gasteiger partial charge in [0.2, 0.25) is 0 Å². The fraction of sp³-hybridized carbons (Fsp3) is 0. The molecule has 2 rings (SSSR count). The molecule has 76 valence electrons. The molecule has 2 aromatic rings. The number of H-pyrrole nitrogens is 1. The van der Waals surface area contributed by atoms with E-state index in [0.29, 0.717) is 0 Å². The molecule has 1 aromatic heterocycles. The highest BCUT2D eigenvalue weighted by molar-refractivity contribution is 7.80. The van der Waals surface area contributed by atoms with Crippen LogP contribution in [0.5, 0.6) is 0 Å². The van der Waals surface area contributed by atoms with Crippen molar-refractivity contribution in [3.05, 3.63) is 36.8 Å². The van der Waals surface area contributed by atoms with Crippen LogP contribution in [0.15, 0.2) is 36.8 Å². The van der Waals surface area contributed by atoms with E-state index in [9.17, 15) is 0 Å². The van der Waals surface area contributed by atoms with E-state index in [1.807, 2.05) is 24.3 Å². The Kier molecular flexibility index (Phi) is 2.64. The van der Waals surface area contributed by atoms with Crippen LogP contribution in [0, 0.1) is 0 Å². The summed E-state index contributed by atoms with van der Waals surface area (Å²) in [4.78, 5) is 6.99. The zero-order chi connectivity index (χ0) is 10.7. The lowest BCUT2D eigenvalue weighted by molar-refractivity contribution is 1.31. The fourth-order valence-electron chi connectivity index (χ4n) is 1.32. The summed E-state index contributed by atoms with van der Waals surface area (Å²) in [5, 5.41) is 3.14. The number of nitrogens with zero attached hydrogens (tertiary/aromatic N) is 1. The minimum absolute atomic E-state index is 0.261. The van der Waals surface area contributed by atoms with Crippen LogP contribution in [-0.4, -0.2) is 15.1 Å². The summed E-state index contributed by atoms with van der Waals surface area (Å²) in [6.07, 6.45) is 3.41. The molecule has 0 bridgehead atoms. The van der Waals surface area contributed by atoms with Crippen LogP contribution in [0.1, 0.15) is 0 Å². The maximum atomic E-state index is 5.39. The Balaban J connectivity index is 2.31. The third-order valence-electron chi connectivity index (χ3n) is 1.94. The van der Waals surface area contributed by atoms with E-state index in [2.05, 4.69) is 15.3 Å². The SMILES string of the molecule is NC(=S)Nc1cccc(-c2cnc[nH]2)c1. The van der Waals surface area contributed by atoms with Crippen molar-refractivity contribution in [1.29, 1.82) is 0 Å². The van der Waals surface area contributed by atoms with E-state index < -0.39 is 0 Å².